The van der Waals surface area contributed by atoms with Crippen molar-refractivity contribution >= 4 is 73.8 Å². The molecule has 0 fully saturated rings. The lowest BCUT2D eigenvalue weighted by Crippen LogP contribution is -2.26. The van der Waals surface area contributed by atoms with Gasteiger partial charge >= 0.3 is 5.97 Å². The molecule has 0 aliphatic heterocycles. The van der Waals surface area contributed by atoms with E-state index in [0.717, 1.165) is 16.0 Å². The molecular weight excluding hydrogens is 537 g/mol. The van der Waals surface area contributed by atoms with Crippen LogP contribution in [0.15, 0.2) is 52.6 Å². The molecule has 2 heterocycles. The lowest BCUT2D eigenvalue weighted by Gasteiger charge is -2.10. The van der Waals surface area contributed by atoms with Crippen molar-refractivity contribution in [3.63, 3.8) is 0 Å². The van der Waals surface area contributed by atoms with Crippen LogP contribution >= 0.6 is 46.1 Å². The number of hydrogen-bond acceptors (Lipinski definition) is 7. The molecular formula is C23H16Cl3N3O5S. The Kier molecular flexibility index (Phi) is 7.61. The van der Waals surface area contributed by atoms with Crippen LogP contribution in [0.2, 0.25) is 15.1 Å². The van der Waals surface area contributed by atoms with Crippen molar-refractivity contribution in [2.45, 2.75) is 6.92 Å². The van der Waals surface area contributed by atoms with E-state index in [1.807, 2.05) is 0 Å². The molecule has 0 unspecified atom stereocenters. The molecule has 12 heteroatoms. The highest BCUT2D eigenvalue weighted by molar-refractivity contribution is 7.16. The topological polar surface area (TPSA) is 99.5 Å². The van der Waals surface area contributed by atoms with Crippen LogP contribution in [0.1, 0.15) is 17.4 Å². The number of thiophene rings is 1. The van der Waals surface area contributed by atoms with Gasteiger partial charge in [0, 0.05) is 20.8 Å². The zero-order chi connectivity index (χ0) is 25.1. The van der Waals surface area contributed by atoms with Crippen molar-refractivity contribution in [2.75, 3.05) is 18.5 Å². The first-order valence-corrected chi connectivity index (χ1v) is 12.1. The summed E-state index contributed by atoms with van der Waals surface area (Å²) in [7, 11) is 0. The van der Waals surface area contributed by atoms with Gasteiger partial charge in [0.15, 0.2) is 12.3 Å². The van der Waals surface area contributed by atoms with Crippen LogP contribution < -0.4 is 15.6 Å². The average Bonchev–Trinajstić information content (AvgIpc) is 3.23. The number of esters is 1. The molecule has 2 aromatic heterocycles. The zero-order valence-electron chi connectivity index (χ0n) is 18.0. The summed E-state index contributed by atoms with van der Waals surface area (Å²) in [4.78, 5) is 38.6. The fraction of sp³-hybridized carbons (Fsp3) is 0.130. The van der Waals surface area contributed by atoms with Gasteiger partial charge in [0.25, 0.3) is 11.5 Å². The number of nitrogens with one attached hydrogen (secondary N) is 1. The van der Waals surface area contributed by atoms with Crippen molar-refractivity contribution < 1.29 is 19.1 Å². The lowest BCUT2D eigenvalue weighted by molar-refractivity contribution is -0.118. The Hall–Kier alpha value is -3.11. The summed E-state index contributed by atoms with van der Waals surface area (Å²) in [5.74, 6) is -0.954. The van der Waals surface area contributed by atoms with Crippen molar-refractivity contribution in [3.8, 4) is 11.4 Å². The van der Waals surface area contributed by atoms with Crippen molar-refractivity contribution in [1.29, 1.82) is 0 Å². The molecule has 0 aliphatic rings. The van der Waals surface area contributed by atoms with E-state index in [0.29, 0.717) is 15.7 Å². The molecule has 1 N–H and O–H groups in total. The number of halogens is 3. The number of aromatic nitrogens is 2. The molecule has 0 radical (unpaired) electrons. The van der Waals surface area contributed by atoms with Crippen LogP contribution in [0.4, 0.5) is 5.00 Å². The Balaban J connectivity index is 1.70. The number of ether oxygens (including phenoxy) is 2. The van der Waals surface area contributed by atoms with Gasteiger partial charge in [-0.05, 0) is 49.4 Å². The van der Waals surface area contributed by atoms with E-state index in [1.165, 1.54) is 6.07 Å². The van der Waals surface area contributed by atoms with E-state index in [4.69, 9.17) is 44.3 Å². The number of carbonyl (C=O) groups excluding carboxylic acids is 2. The number of anilines is 1. The molecule has 4 rings (SSSR count). The SMILES string of the molecule is CCOC(=O)c1nn(-c2ccc(Cl)cc2)c(=O)c2c(NC(=O)COc3ccc(Cl)cc3Cl)scc12. The van der Waals surface area contributed by atoms with E-state index < -0.39 is 17.4 Å². The molecule has 0 bridgehead atoms. The molecule has 0 saturated heterocycles. The van der Waals surface area contributed by atoms with Crippen molar-refractivity contribution in [2.24, 2.45) is 0 Å². The molecule has 0 saturated carbocycles. The molecule has 0 spiro atoms. The third-order valence-electron chi connectivity index (χ3n) is 4.70. The van der Waals surface area contributed by atoms with E-state index in [9.17, 15) is 14.4 Å². The Morgan fingerprint density at radius 1 is 1.09 bits per heavy atom. The summed E-state index contributed by atoms with van der Waals surface area (Å²) in [6.45, 7) is 1.42. The summed E-state index contributed by atoms with van der Waals surface area (Å²) < 4.78 is 11.7. The number of benzene rings is 2. The zero-order valence-corrected chi connectivity index (χ0v) is 21.1. The number of rotatable bonds is 7. The maximum absolute atomic E-state index is 13.4. The van der Waals surface area contributed by atoms with Gasteiger partial charge in [0.2, 0.25) is 0 Å². The minimum atomic E-state index is -0.698. The first-order chi connectivity index (χ1) is 16.8. The Bertz CT molecular complexity index is 1480. The highest BCUT2D eigenvalue weighted by atomic mass is 35.5. The van der Waals surface area contributed by atoms with E-state index >= 15 is 0 Å². The molecule has 0 aliphatic carbocycles. The number of hydrogen-bond donors (Lipinski definition) is 1. The fourth-order valence-electron chi connectivity index (χ4n) is 3.15. The first-order valence-electron chi connectivity index (χ1n) is 10.1. The quantitative estimate of drug-likeness (QED) is 0.300. The van der Waals surface area contributed by atoms with E-state index in [2.05, 4.69) is 10.4 Å². The number of carbonyl (C=O) groups is 2. The standard InChI is InChI=1S/C23H16Cl3N3O5S/c1-2-33-23(32)20-15-11-35-21(27-18(30)10-34-17-8-5-13(25)9-16(17)26)19(15)22(31)29(28-20)14-6-3-12(24)4-7-14/h3-9,11H,2,10H2,1H3,(H,27,30). The van der Waals surface area contributed by atoms with Crippen LogP contribution in [0.5, 0.6) is 5.75 Å². The van der Waals surface area contributed by atoms with Crippen LogP contribution in [0.3, 0.4) is 0 Å². The fourth-order valence-corrected chi connectivity index (χ4v) is 4.69. The summed E-state index contributed by atoms with van der Waals surface area (Å²) in [6, 6.07) is 11.0. The summed E-state index contributed by atoms with van der Waals surface area (Å²) in [6.07, 6.45) is 0. The van der Waals surface area contributed by atoms with Gasteiger partial charge in [-0.15, -0.1) is 11.3 Å². The second-order valence-corrected chi connectivity index (χ2v) is 9.19. The Morgan fingerprint density at radius 3 is 2.49 bits per heavy atom. The van der Waals surface area contributed by atoms with Crippen LogP contribution in [-0.4, -0.2) is 34.9 Å². The smallest absolute Gasteiger partial charge is 0.359 e. The third kappa shape index (κ3) is 5.43. The molecule has 180 valence electrons. The molecule has 0 atom stereocenters. The predicted molar refractivity (Wildman–Crippen MR) is 137 cm³/mol. The normalized spacial score (nSPS) is 10.9. The van der Waals surface area contributed by atoms with Gasteiger partial charge in [-0.2, -0.15) is 9.78 Å². The van der Waals surface area contributed by atoms with E-state index in [-0.39, 0.29) is 45.5 Å². The highest BCUT2D eigenvalue weighted by Gasteiger charge is 2.23. The van der Waals surface area contributed by atoms with Gasteiger partial charge in [-0.1, -0.05) is 34.8 Å². The minimum Gasteiger partial charge on any atom is -0.482 e. The summed E-state index contributed by atoms with van der Waals surface area (Å²) >= 11 is 19.0. The molecule has 35 heavy (non-hydrogen) atoms. The first kappa shape index (κ1) is 25.0. The van der Waals surface area contributed by atoms with Crippen LogP contribution in [0, 0.1) is 0 Å². The molecule has 1 amide bonds. The summed E-state index contributed by atoms with van der Waals surface area (Å²) in [5.41, 5.74) is -0.207. The van der Waals surface area contributed by atoms with Gasteiger partial charge in [0.05, 0.1) is 22.7 Å². The monoisotopic (exact) mass is 551 g/mol. The summed E-state index contributed by atoms with van der Waals surface area (Å²) in [5, 5.41) is 10.2. The predicted octanol–water partition coefficient (Wildman–Crippen LogP) is 5.60. The number of fused-ring (bicyclic) bond motifs is 1. The van der Waals surface area contributed by atoms with Gasteiger partial charge < -0.3 is 14.8 Å². The lowest BCUT2D eigenvalue weighted by atomic mass is 10.2. The number of amides is 1. The van der Waals surface area contributed by atoms with Crippen LogP contribution in [0.25, 0.3) is 16.5 Å². The largest absolute Gasteiger partial charge is 0.482 e. The van der Waals surface area contributed by atoms with Crippen LogP contribution in [-0.2, 0) is 9.53 Å². The van der Waals surface area contributed by atoms with Crippen molar-refractivity contribution in [3.05, 3.63) is 79.0 Å². The van der Waals surface area contributed by atoms with Gasteiger partial charge in [0.1, 0.15) is 10.8 Å². The minimum absolute atomic E-state index is 0.0580. The third-order valence-corrected chi connectivity index (χ3v) is 6.38. The van der Waals surface area contributed by atoms with Gasteiger partial charge in [-0.3, -0.25) is 9.59 Å². The van der Waals surface area contributed by atoms with Gasteiger partial charge in [-0.25, -0.2) is 4.79 Å². The molecule has 2 aromatic carbocycles. The Morgan fingerprint density at radius 2 is 1.80 bits per heavy atom. The maximum Gasteiger partial charge on any atom is 0.359 e. The molecule has 8 nitrogen and oxygen atoms in total. The number of nitrogens with zero attached hydrogens (tertiary/aromatic N) is 2. The second-order valence-electron chi connectivity index (χ2n) is 7.03. The average molecular weight is 553 g/mol. The maximum atomic E-state index is 13.4. The molecule has 4 aromatic rings. The highest BCUT2D eigenvalue weighted by Crippen LogP contribution is 2.31. The Labute approximate surface area is 217 Å². The second kappa shape index (κ2) is 10.7. The van der Waals surface area contributed by atoms with Crippen molar-refractivity contribution in [1.82, 2.24) is 9.78 Å². The van der Waals surface area contributed by atoms with E-state index in [1.54, 1.807) is 48.7 Å².